The molecule has 8 nitrogen and oxygen atoms in total. The lowest BCUT2D eigenvalue weighted by atomic mass is 9.98. The summed E-state index contributed by atoms with van der Waals surface area (Å²) in [5.74, 6) is 0.951. The molecule has 0 radical (unpaired) electrons. The summed E-state index contributed by atoms with van der Waals surface area (Å²) >= 11 is 0. The van der Waals surface area contributed by atoms with Crippen LogP contribution in [0.25, 0.3) is 5.69 Å². The topological polar surface area (TPSA) is 70.9 Å². The summed E-state index contributed by atoms with van der Waals surface area (Å²) in [7, 11) is 0. The minimum absolute atomic E-state index is 0.0926. The number of hydrogen-bond acceptors (Lipinski definition) is 5. The van der Waals surface area contributed by atoms with Gasteiger partial charge in [0.2, 0.25) is 6.41 Å². The van der Waals surface area contributed by atoms with Gasteiger partial charge in [-0.1, -0.05) is 12.1 Å². The molecule has 0 bridgehead atoms. The lowest BCUT2D eigenvalue weighted by Crippen LogP contribution is -2.45. The highest BCUT2D eigenvalue weighted by Crippen LogP contribution is 2.23. The van der Waals surface area contributed by atoms with Crippen molar-refractivity contribution in [3.8, 4) is 11.4 Å². The molecular formula is C29H35N5O3. The Balaban J connectivity index is 1.11. The summed E-state index contributed by atoms with van der Waals surface area (Å²) in [4.78, 5) is 30.4. The van der Waals surface area contributed by atoms with Gasteiger partial charge in [0.1, 0.15) is 5.75 Å². The number of carbonyl (C=O) groups excluding carboxylic acids is 2. The van der Waals surface area contributed by atoms with Crippen LogP contribution in [0.15, 0.2) is 67.0 Å². The largest absolute Gasteiger partial charge is 0.494 e. The van der Waals surface area contributed by atoms with Crippen LogP contribution in [0, 0.1) is 0 Å². The number of piperidine rings is 1. The summed E-state index contributed by atoms with van der Waals surface area (Å²) in [5, 5.41) is 4.25. The summed E-state index contributed by atoms with van der Waals surface area (Å²) in [5.41, 5.74) is 2.90. The molecule has 1 aromatic heterocycles. The first-order valence-electron chi connectivity index (χ1n) is 13.2. The lowest BCUT2D eigenvalue weighted by molar-refractivity contribution is -0.119. The van der Waals surface area contributed by atoms with Gasteiger partial charge in [-0.2, -0.15) is 5.10 Å². The second-order valence-corrected chi connectivity index (χ2v) is 9.84. The maximum Gasteiger partial charge on any atom is 0.254 e. The number of carbonyl (C=O) groups is 2. The molecule has 2 saturated heterocycles. The molecule has 194 valence electrons. The van der Waals surface area contributed by atoms with E-state index in [1.807, 2.05) is 58.5 Å². The molecule has 37 heavy (non-hydrogen) atoms. The van der Waals surface area contributed by atoms with Gasteiger partial charge >= 0.3 is 0 Å². The number of ether oxygens (including phenoxy) is 1. The zero-order valence-corrected chi connectivity index (χ0v) is 21.2. The van der Waals surface area contributed by atoms with E-state index in [9.17, 15) is 9.59 Å². The summed E-state index contributed by atoms with van der Waals surface area (Å²) in [6.07, 6.45) is 8.59. The number of benzene rings is 2. The van der Waals surface area contributed by atoms with Gasteiger partial charge in [-0.05, 0) is 67.3 Å². The maximum absolute atomic E-state index is 13.3. The van der Waals surface area contributed by atoms with Gasteiger partial charge in [-0.25, -0.2) is 4.68 Å². The SMILES string of the molecule is O=CN1CCN(Cc2ccc(OCC[C@@H]3CCCCN3C(=O)c3ccc(-n4cccn4)cc3)cc2)CC1. The molecule has 2 amide bonds. The third-order valence-electron chi connectivity index (χ3n) is 7.38. The Bertz CT molecular complexity index is 1140. The van der Waals surface area contributed by atoms with Crippen molar-refractivity contribution in [1.82, 2.24) is 24.5 Å². The van der Waals surface area contributed by atoms with Crippen molar-refractivity contribution in [3.63, 3.8) is 0 Å². The predicted octanol–water partition coefficient (Wildman–Crippen LogP) is 3.61. The van der Waals surface area contributed by atoms with E-state index < -0.39 is 0 Å². The molecule has 0 aliphatic carbocycles. The van der Waals surface area contributed by atoms with Crippen LogP contribution in [-0.2, 0) is 11.3 Å². The third kappa shape index (κ3) is 6.38. The first kappa shape index (κ1) is 25.0. The molecule has 0 unspecified atom stereocenters. The van der Waals surface area contributed by atoms with Crippen LogP contribution in [-0.4, -0.2) is 82.2 Å². The fourth-order valence-corrected chi connectivity index (χ4v) is 5.20. The van der Waals surface area contributed by atoms with Crippen molar-refractivity contribution >= 4 is 12.3 Å². The first-order chi connectivity index (χ1) is 18.2. The average molecular weight is 502 g/mol. The molecule has 3 aromatic rings. The second kappa shape index (κ2) is 12.1. The number of nitrogens with zero attached hydrogens (tertiary/aromatic N) is 5. The minimum Gasteiger partial charge on any atom is -0.494 e. The smallest absolute Gasteiger partial charge is 0.254 e. The Hall–Kier alpha value is -3.65. The molecule has 0 saturated carbocycles. The van der Waals surface area contributed by atoms with Gasteiger partial charge in [-0.3, -0.25) is 14.5 Å². The molecule has 0 N–H and O–H groups in total. The van der Waals surface area contributed by atoms with Gasteiger partial charge in [-0.15, -0.1) is 0 Å². The van der Waals surface area contributed by atoms with Gasteiger partial charge < -0.3 is 14.5 Å². The molecule has 0 spiro atoms. The van der Waals surface area contributed by atoms with Crippen molar-refractivity contribution in [1.29, 1.82) is 0 Å². The fourth-order valence-electron chi connectivity index (χ4n) is 5.20. The van der Waals surface area contributed by atoms with Crippen molar-refractivity contribution in [3.05, 3.63) is 78.1 Å². The molecular weight excluding hydrogens is 466 g/mol. The monoisotopic (exact) mass is 501 g/mol. The second-order valence-electron chi connectivity index (χ2n) is 9.84. The Morgan fingerprint density at radius 1 is 0.973 bits per heavy atom. The third-order valence-corrected chi connectivity index (χ3v) is 7.38. The van der Waals surface area contributed by atoms with Crippen LogP contribution in [0.1, 0.15) is 41.6 Å². The van der Waals surface area contributed by atoms with E-state index in [1.165, 1.54) is 5.56 Å². The highest BCUT2D eigenvalue weighted by atomic mass is 16.5. The lowest BCUT2D eigenvalue weighted by Gasteiger charge is -2.36. The predicted molar refractivity (Wildman–Crippen MR) is 142 cm³/mol. The van der Waals surface area contributed by atoms with Gasteiger partial charge in [0.15, 0.2) is 0 Å². The number of likely N-dealkylation sites (tertiary alicyclic amines) is 1. The van der Waals surface area contributed by atoms with E-state index in [4.69, 9.17) is 4.74 Å². The number of aromatic nitrogens is 2. The zero-order chi connectivity index (χ0) is 25.5. The van der Waals surface area contributed by atoms with E-state index in [-0.39, 0.29) is 11.9 Å². The van der Waals surface area contributed by atoms with E-state index >= 15 is 0 Å². The van der Waals surface area contributed by atoms with Crippen LogP contribution in [0.2, 0.25) is 0 Å². The van der Waals surface area contributed by atoms with Crippen LogP contribution in [0.5, 0.6) is 5.75 Å². The van der Waals surface area contributed by atoms with Crippen molar-refractivity contribution in [2.75, 3.05) is 39.3 Å². The molecule has 2 aromatic carbocycles. The average Bonchev–Trinajstić information content (AvgIpc) is 3.50. The highest BCUT2D eigenvalue weighted by molar-refractivity contribution is 5.94. The van der Waals surface area contributed by atoms with E-state index in [0.29, 0.717) is 12.2 Å². The van der Waals surface area contributed by atoms with Crippen LogP contribution < -0.4 is 4.74 Å². The highest BCUT2D eigenvalue weighted by Gasteiger charge is 2.27. The molecule has 2 aliphatic heterocycles. The normalized spacial score (nSPS) is 18.5. The quantitative estimate of drug-likeness (QED) is 0.419. The molecule has 2 fully saturated rings. The first-order valence-corrected chi connectivity index (χ1v) is 13.2. The van der Waals surface area contributed by atoms with Crippen LogP contribution in [0.3, 0.4) is 0 Å². The Morgan fingerprint density at radius 2 is 1.76 bits per heavy atom. The Kier molecular flexibility index (Phi) is 8.15. The number of amides is 2. The standard InChI is InChI=1S/C29H35N5O3/c35-23-32-19-17-31(18-20-32)22-24-5-11-28(12-6-24)37-21-13-26-4-1-2-15-33(26)29(36)25-7-9-27(10-8-25)34-16-3-14-30-34/h3,5-12,14,16,23,26H,1-2,4,13,15,17-22H2/t26-/m0/s1. The molecule has 1 atom stereocenters. The van der Waals surface area contributed by atoms with Gasteiger partial charge in [0.25, 0.3) is 5.91 Å². The maximum atomic E-state index is 13.3. The Labute approximate surface area is 218 Å². The minimum atomic E-state index is 0.0926. The van der Waals surface area contributed by atoms with Gasteiger partial charge in [0.05, 0.1) is 12.3 Å². The molecule has 2 aliphatic rings. The van der Waals surface area contributed by atoms with Gasteiger partial charge in [0, 0.05) is 69.7 Å². The molecule has 8 heteroatoms. The Morgan fingerprint density at radius 3 is 2.46 bits per heavy atom. The van der Waals surface area contributed by atoms with Crippen molar-refractivity contribution in [2.24, 2.45) is 0 Å². The number of rotatable bonds is 9. The molecule has 5 rings (SSSR count). The van der Waals surface area contributed by atoms with E-state index in [1.54, 1.807) is 10.9 Å². The number of piperazine rings is 1. The number of hydrogen-bond donors (Lipinski definition) is 0. The van der Waals surface area contributed by atoms with Crippen LogP contribution >= 0.6 is 0 Å². The fraction of sp³-hybridized carbons (Fsp3) is 0.414. The zero-order valence-electron chi connectivity index (χ0n) is 21.2. The summed E-state index contributed by atoms with van der Waals surface area (Å²) in [6, 6.07) is 18.0. The van der Waals surface area contributed by atoms with Crippen molar-refractivity contribution in [2.45, 2.75) is 38.3 Å². The van der Waals surface area contributed by atoms with E-state index in [0.717, 1.165) is 82.8 Å². The van der Waals surface area contributed by atoms with Crippen LogP contribution in [0.4, 0.5) is 0 Å². The molecule has 3 heterocycles. The van der Waals surface area contributed by atoms with Crippen molar-refractivity contribution < 1.29 is 14.3 Å². The van der Waals surface area contributed by atoms with E-state index in [2.05, 4.69) is 22.1 Å². The summed E-state index contributed by atoms with van der Waals surface area (Å²) < 4.78 is 7.86. The summed E-state index contributed by atoms with van der Waals surface area (Å²) in [6.45, 7) is 5.66.